The number of hydrogen-bond acceptors (Lipinski definition) is 2. The summed E-state index contributed by atoms with van der Waals surface area (Å²) < 4.78 is 0. The van der Waals surface area contributed by atoms with Crippen LogP contribution in [0, 0.1) is 0 Å². The molecule has 1 N–H and O–H groups in total. The van der Waals surface area contributed by atoms with E-state index < -0.39 is 0 Å². The predicted molar refractivity (Wildman–Crippen MR) is 73.8 cm³/mol. The summed E-state index contributed by atoms with van der Waals surface area (Å²) in [5.74, 6) is -0.0367. The average Bonchev–Trinajstić information content (AvgIpc) is 2.29. The van der Waals surface area contributed by atoms with E-state index in [4.69, 9.17) is 11.6 Å². The molecule has 0 fully saturated rings. The smallest absolute Gasteiger partial charge is 0.216 e. The Morgan fingerprint density at radius 2 is 2.06 bits per heavy atom. The van der Waals surface area contributed by atoms with Crippen LogP contribution in [-0.4, -0.2) is 18.2 Å². The number of carbonyl (C=O) groups is 2. The molecular weight excluding hydrogens is 250 g/mol. The second-order valence-electron chi connectivity index (χ2n) is 3.97. The van der Waals surface area contributed by atoms with Gasteiger partial charge in [-0.1, -0.05) is 35.9 Å². The normalized spacial score (nSPS) is 10.6. The van der Waals surface area contributed by atoms with E-state index in [9.17, 15) is 9.59 Å². The van der Waals surface area contributed by atoms with Crippen molar-refractivity contribution in [3.8, 4) is 0 Å². The van der Waals surface area contributed by atoms with Crippen LogP contribution in [-0.2, 0) is 4.79 Å². The molecule has 0 saturated carbocycles. The topological polar surface area (TPSA) is 46.2 Å². The first kappa shape index (κ1) is 14.5. The first-order valence-corrected chi connectivity index (χ1v) is 6.10. The average molecular weight is 266 g/mol. The van der Waals surface area contributed by atoms with Crippen molar-refractivity contribution >= 4 is 29.4 Å². The Bertz CT molecular complexity index is 481. The van der Waals surface area contributed by atoms with Gasteiger partial charge in [0.25, 0.3) is 0 Å². The van der Waals surface area contributed by atoms with Gasteiger partial charge in [0.2, 0.25) is 5.91 Å². The summed E-state index contributed by atoms with van der Waals surface area (Å²) in [5, 5.41) is 3.26. The lowest BCUT2D eigenvalue weighted by molar-refractivity contribution is -0.118. The summed E-state index contributed by atoms with van der Waals surface area (Å²) >= 11 is 6.06. The molecule has 4 heteroatoms. The molecule has 1 rings (SSSR count). The Labute approximate surface area is 112 Å². The van der Waals surface area contributed by atoms with Gasteiger partial charge in [-0.2, -0.15) is 0 Å². The highest BCUT2D eigenvalue weighted by atomic mass is 35.5. The summed E-state index contributed by atoms with van der Waals surface area (Å²) in [7, 11) is 0. The van der Waals surface area contributed by atoms with Crippen LogP contribution in [0.15, 0.2) is 24.3 Å². The van der Waals surface area contributed by atoms with Crippen molar-refractivity contribution in [1.29, 1.82) is 0 Å². The third-order valence-corrected chi connectivity index (χ3v) is 2.72. The van der Waals surface area contributed by atoms with Crippen LogP contribution in [0.25, 0.3) is 6.08 Å². The van der Waals surface area contributed by atoms with Gasteiger partial charge in [0.05, 0.1) is 0 Å². The standard InChI is InChI=1S/C14H16ClNO2/c1-10(17)13-7-6-12(14(15)9-13)5-3-4-8-16-11(2)18/h3,5-7,9H,4,8H2,1-2H3,(H,16,18). The molecule has 1 aromatic rings. The minimum absolute atomic E-state index is 0.00177. The lowest BCUT2D eigenvalue weighted by Crippen LogP contribution is -2.20. The second-order valence-corrected chi connectivity index (χ2v) is 4.37. The number of Topliss-reactive ketones (excluding diaryl/α,β-unsaturated/α-hetero) is 1. The predicted octanol–water partition coefficient (Wildman–Crippen LogP) is 3.08. The van der Waals surface area contributed by atoms with Crippen molar-refractivity contribution in [2.24, 2.45) is 0 Å². The van der Waals surface area contributed by atoms with Gasteiger partial charge in [0.15, 0.2) is 5.78 Å². The molecular formula is C14H16ClNO2. The minimum Gasteiger partial charge on any atom is -0.356 e. The van der Waals surface area contributed by atoms with Gasteiger partial charge in [-0.25, -0.2) is 0 Å². The molecule has 0 bridgehead atoms. The number of rotatable bonds is 5. The van der Waals surface area contributed by atoms with Crippen LogP contribution in [0.5, 0.6) is 0 Å². The summed E-state index contributed by atoms with van der Waals surface area (Å²) in [6.45, 7) is 3.60. The monoisotopic (exact) mass is 265 g/mol. The highest BCUT2D eigenvalue weighted by molar-refractivity contribution is 6.32. The molecule has 0 aliphatic rings. The van der Waals surface area contributed by atoms with E-state index in [1.165, 1.54) is 13.8 Å². The summed E-state index contributed by atoms with van der Waals surface area (Å²) in [6.07, 6.45) is 4.56. The number of ketones is 1. The van der Waals surface area contributed by atoms with Crippen LogP contribution in [0.1, 0.15) is 36.2 Å². The Balaban J connectivity index is 2.59. The van der Waals surface area contributed by atoms with Gasteiger partial charge in [-0.3, -0.25) is 9.59 Å². The van der Waals surface area contributed by atoms with Gasteiger partial charge in [0, 0.05) is 24.1 Å². The molecule has 0 saturated heterocycles. The van der Waals surface area contributed by atoms with Crippen molar-refractivity contribution in [2.45, 2.75) is 20.3 Å². The van der Waals surface area contributed by atoms with E-state index in [0.717, 1.165) is 12.0 Å². The fourth-order valence-corrected chi connectivity index (χ4v) is 1.67. The molecule has 3 nitrogen and oxygen atoms in total. The Morgan fingerprint density at radius 1 is 1.33 bits per heavy atom. The van der Waals surface area contributed by atoms with E-state index in [1.807, 2.05) is 18.2 Å². The third kappa shape index (κ3) is 4.72. The van der Waals surface area contributed by atoms with Gasteiger partial charge in [0.1, 0.15) is 0 Å². The quantitative estimate of drug-likeness (QED) is 0.657. The maximum Gasteiger partial charge on any atom is 0.216 e. The number of halogens is 1. The zero-order valence-electron chi connectivity index (χ0n) is 10.5. The van der Waals surface area contributed by atoms with Crippen LogP contribution in [0.2, 0.25) is 5.02 Å². The lowest BCUT2D eigenvalue weighted by Gasteiger charge is -2.01. The Kier molecular flexibility index (Phi) is 5.59. The van der Waals surface area contributed by atoms with Gasteiger partial charge in [-0.15, -0.1) is 0 Å². The van der Waals surface area contributed by atoms with E-state index in [2.05, 4.69) is 5.32 Å². The van der Waals surface area contributed by atoms with Gasteiger partial charge >= 0.3 is 0 Å². The second kappa shape index (κ2) is 6.97. The molecule has 0 aliphatic heterocycles. The summed E-state index contributed by atoms with van der Waals surface area (Å²) in [5.41, 5.74) is 1.47. The zero-order valence-corrected chi connectivity index (χ0v) is 11.3. The molecule has 1 aromatic carbocycles. The molecule has 0 aliphatic carbocycles. The van der Waals surface area contributed by atoms with Crippen LogP contribution >= 0.6 is 11.6 Å². The van der Waals surface area contributed by atoms with E-state index in [0.29, 0.717) is 17.1 Å². The molecule has 0 aromatic heterocycles. The molecule has 0 atom stereocenters. The fourth-order valence-electron chi connectivity index (χ4n) is 1.42. The van der Waals surface area contributed by atoms with Crippen LogP contribution in [0.4, 0.5) is 0 Å². The number of amides is 1. The Hall–Kier alpha value is -1.61. The SMILES string of the molecule is CC(=O)NCCC=Cc1ccc(C(C)=O)cc1Cl. The largest absolute Gasteiger partial charge is 0.356 e. The number of hydrogen-bond donors (Lipinski definition) is 1. The molecule has 0 radical (unpaired) electrons. The van der Waals surface area contributed by atoms with Crippen LogP contribution < -0.4 is 5.32 Å². The number of nitrogens with one attached hydrogen (secondary N) is 1. The zero-order chi connectivity index (χ0) is 13.5. The number of benzene rings is 1. The third-order valence-electron chi connectivity index (χ3n) is 2.39. The maximum atomic E-state index is 11.2. The molecule has 18 heavy (non-hydrogen) atoms. The van der Waals surface area contributed by atoms with Crippen LogP contribution in [0.3, 0.4) is 0 Å². The van der Waals surface area contributed by atoms with Crippen molar-refractivity contribution in [3.63, 3.8) is 0 Å². The molecule has 0 unspecified atom stereocenters. The molecule has 96 valence electrons. The van der Waals surface area contributed by atoms with Gasteiger partial charge in [-0.05, 0) is 25.0 Å². The van der Waals surface area contributed by atoms with Crippen molar-refractivity contribution in [3.05, 3.63) is 40.4 Å². The lowest BCUT2D eigenvalue weighted by atomic mass is 10.1. The highest BCUT2D eigenvalue weighted by Gasteiger charge is 2.02. The molecule has 0 spiro atoms. The maximum absolute atomic E-state index is 11.2. The summed E-state index contributed by atoms with van der Waals surface area (Å²) in [4.78, 5) is 21.8. The van der Waals surface area contributed by atoms with Crippen molar-refractivity contribution in [1.82, 2.24) is 5.32 Å². The molecule has 0 heterocycles. The number of carbonyl (C=O) groups excluding carboxylic acids is 2. The van der Waals surface area contributed by atoms with Crippen molar-refractivity contribution in [2.75, 3.05) is 6.54 Å². The minimum atomic E-state index is -0.0350. The van der Waals surface area contributed by atoms with E-state index in [1.54, 1.807) is 12.1 Å². The molecule has 1 amide bonds. The first-order chi connectivity index (χ1) is 8.50. The van der Waals surface area contributed by atoms with Gasteiger partial charge < -0.3 is 5.32 Å². The van der Waals surface area contributed by atoms with Crippen molar-refractivity contribution < 1.29 is 9.59 Å². The summed E-state index contributed by atoms with van der Waals surface area (Å²) in [6, 6.07) is 5.23. The highest BCUT2D eigenvalue weighted by Crippen LogP contribution is 2.19. The Morgan fingerprint density at radius 3 is 2.61 bits per heavy atom. The fraction of sp³-hybridized carbons (Fsp3) is 0.286. The first-order valence-electron chi connectivity index (χ1n) is 5.72. The van der Waals surface area contributed by atoms with E-state index >= 15 is 0 Å². The van der Waals surface area contributed by atoms with E-state index in [-0.39, 0.29) is 11.7 Å².